The van der Waals surface area contributed by atoms with Crippen LogP contribution in [-0.2, 0) is 19.4 Å². The van der Waals surface area contributed by atoms with Gasteiger partial charge in [-0.2, -0.15) is 0 Å². The second-order valence-corrected chi connectivity index (χ2v) is 6.72. The summed E-state index contributed by atoms with van der Waals surface area (Å²) in [5, 5.41) is 0.721. The molecule has 3 aromatic rings. The first kappa shape index (κ1) is 15.9. The largest absolute Gasteiger partial charge is 0.333 e. The molecule has 25 heavy (non-hydrogen) atoms. The number of allylic oxidation sites excluding steroid dienone is 1. The van der Waals surface area contributed by atoms with Gasteiger partial charge in [0, 0.05) is 23.3 Å². The number of hydrogen-bond acceptors (Lipinski definition) is 2. The third-order valence-corrected chi connectivity index (χ3v) is 4.62. The summed E-state index contributed by atoms with van der Waals surface area (Å²) < 4.78 is 1.97. The number of fused-ring (bicyclic) bond motifs is 1. The highest BCUT2D eigenvalue weighted by atomic mass is 35.5. The van der Waals surface area contributed by atoms with Crippen LogP contribution in [0, 0.1) is 0 Å². The van der Waals surface area contributed by atoms with Crippen LogP contribution in [0.5, 0.6) is 0 Å². The van der Waals surface area contributed by atoms with Gasteiger partial charge in [-0.3, -0.25) is 4.79 Å². The fraction of sp³-hybridized carbons (Fsp3) is 0.143. The van der Waals surface area contributed by atoms with Crippen LogP contribution in [0.4, 0.5) is 0 Å². The zero-order valence-corrected chi connectivity index (χ0v) is 14.4. The molecule has 3 nitrogen and oxygen atoms in total. The van der Waals surface area contributed by atoms with Gasteiger partial charge in [0.05, 0.1) is 18.4 Å². The Bertz CT molecular complexity index is 972. The molecule has 0 amide bonds. The van der Waals surface area contributed by atoms with Crippen molar-refractivity contribution in [3.63, 3.8) is 0 Å². The SMILES string of the molecule is O=C(Cc1cn(Cc2cccc(Cl)c2)cn1)c1ccc2c(c1)C=CC2. The van der Waals surface area contributed by atoms with Crippen LogP contribution in [-0.4, -0.2) is 15.3 Å². The van der Waals surface area contributed by atoms with Gasteiger partial charge in [0.15, 0.2) is 5.78 Å². The van der Waals surface area contributed by atoms with E-state index in [0.717, 1.165) is 33.8 Å². The molecule has 0 N–H and O–H groups in total. The number of ketones is 1. The van der Waals surface area contributed by atoms with Crippen LogP contribution in [0.15, 0.2) is 61.1 Å². The van der Waals surface area contributed by atoms with Gasteiger partial charge < -0.3 is 4.57 Å². The number of hydrogen-bond donors (Lipinski definition) is 0. The maximum atomic E-state index is 12.5. The Morgan fingerprint density at radius 3 is 3.00 bits per heavy atom. The highest BCUT2D eigenvalue weighted by molar-refractivity contribution is 6.30. The number of nitrogens with zero attached hydrogens (tertiary/aromatic N) is 2. The summed E-state index contributed by atoms with van der Waals surface area (Å²) in [7, 11) is 0. The molecule has 4 rings (SSSR count). The van der Waals surface area contributed by atoms with Crippen molar-refractivity contribution in [2.75, 3.05) is 0 Å². The Morgan fingerprint density at radius 2 is 2.12 bits per heavy atom. The highest BCUT2D eigenvalue weighted by Gasteiger charge is 2.12. The number of aromatic nitrogens is 2. The van der Waals surface area contributed by atoms with Gasteiger partial charge in [-0.15, -0.1) is 0 Å². The molecule has 2 aromatic carbocycles. The molecule has 0 fully saturated rings. The van der Waals surface area contributed by atoms with Gasteiger partial charge in [0.25, 0.3) is 0 Å². The summed E-state index contributed by atoms with van der Waals surface area (Å²) in [6.45, 7) is 0.686. The third-order valence-electron chi connectivity index (χ3n) is 4.39. The molecule has 0 saturated heterocycles. The van der Waals surface area contributed by atoms with Crippen molar-refractivity contribution < 1.29 is 4.79 Å². The van der Waals surface area contributed by atoms with Gasteiger partial charge in [0.2, 0.25) is 0 Å². The van der Waals surface area contributed by atoms with E-state index in [1.165, 1.54) is 5.56 Å². The van der Waals surface area contributed by atoms with Crippen LogP contribution < -0.4 is 0 Å². The molecule has 0 aliphatic heterocycles. The molecule has 4 heteroatoms. The van der Waals surface area contributed by atoms with Gasteiger partial charge in [-0.05, 0) is 41.3 Å². The molecule has 0 spiro atoms. The molecule has 0 atom stereocenters. The van der Waals surface area contributed by atoms with E-state index in [0.29, 0.717) is 13.0 Å². The fourth-order valence-electron chi connectivity index (χ4n) is 3.12. The molecule has 1 heterocycles. The third kappa shape index (κ3) is 3.57. The predicted molar refractivity (Wildman–Crippen MR) is 100.0 cm³/mol. The van der Waals surface area contributed by atoms with E-state index in [1.807, 2.05) is 53.2 Å². The van der Waals surface area contributed by atoms with Crippen molar-refractivity contribution in [2.24, 2.45) is 0 Å². The van der Waals surface area contributed by atoms with Crippen LogP contribution >= 0.6 is 11.6 Å². The van der Waals surface area contributed by atoms with E-state index >= 15 is 0 Å². The van der Waals surface area contributed by atoms with Crippen molar-refractivity contribution in [3.8, 4) is 0 Å². The molecule has 0 bridgehead atoms. The fourth-order valence-corrected chi connectivity index (χ4v) is 3.33. The van der Waals surface area contributed by atoms with Gasteiger partial charge in [0.1, 0.15) is 0 Å². The smallest absolute Gasteiger partial charge is 0.168 e. The minimum absolute atomic E-state index is 0.0936. The molecule has 0 unspecified atom stereocenters. The average Bonchev–Trinajstić information content (AvgIpc) is 3.23. The number of rotatable bonds is 5. The summed E-state index contributed by atoms with van der Waals surface area (Å²) in [5.74, 6) is 0.0936. The standard InChI is InChI=1S/C21H17ClN2O/c22-19-6-1-3-15(9-19)12-24-13-20(23-14-24)11-21(25)18-8-7-16-4-2-5-17(16)10-18/h1-3,5-10,13-14H,4,11-12H2. The predicted octanol–water partition coefficient (Wildman–Crippen LogP) is 4.58. The zero-order valence-electron chi connectivity index (χ0n) is 13.7. The Hall–Kier alpha value is -2.65. The number of benzene rings is 2. The lowest BCUT2D eigenvalue weighted by Gasteiger charge is -2.04. The first-order valence-electron chi connectivity index (χ1n) is 8.25. The number of carbonyl (C=O) groups excluding carboxylic acids is 1. The summed E-state index contributed by atoms with van der Waals surface area (Å²) >= 11 is 6.02. The second-order valence-electron chi connectivity index (χ2n) is 6.29. The van der Waals surface area contributed by atoms with E-state index in [4.69, 9.17) is 11.6 Å². The Morgan fingerprint density at radius 1 is 1.20 bits per heavy atom. The van der Waals surface area contributed by atoms with Gasteiger partial charge in [-0.1, -0.05) is 48.0 Å². The molecular formula is C21H17ClN2O. The number of Topliss-reactive ketones (excluding diaryl/α,β-unsaturated/α-hetero) is 1. The Balaban J connectivity index is 1.45. The molecule has 0 saturated carbocycles. The number of imidazole rings is 1. The molecule has 124 valence electrons. The van der Waals surface area contributed by atoms with Crippen molar-refractivity contribution in [1.82, 2.24) is 9.55 Å². The quantitative estimate of drug-likeness (QED) is 0.632. The maximum absolute atomic E-state index is 12.5. The van der Waals surface area contributed by atoms with E-state index in [2.05, 4.69) is 17.1 Å². The molecule has 0 radical (unpaired) electrons. The van der Waals surface area contributed by atoms with Crippen LogP contribution in [0.1, 0.15) is 32.7 Å². The summed E-state index contributed by atoms with van der Waals surface area (Å²) in [6.07, 6.45) is 9.14. The topological polar surface area (TPSA) is 34.9 Å². The zero-order chi connectivity index (χ0) is 17.2. The van der Waals surface area contributed by atoms with Crippen LogP contribution in [0.2, 0.25) is 5.02 Å². The van der Waals surface area contributed by atoms with Gasteiger partial charge in [-0.25, -0.2) is 4.98 Å². The molecular weight excluding hydrogens is 332 g/mol. The van der Waals surface area contributed by atoms with Crippen molar-refractivity contribution >= 4 is 23.5 Å². The summed E-state index contributed by atoms with van der Waals surface area (Å²) in [5.41, 5.74) is 5.06. The van der Waals surface area contributed by atoms with E-state index in [9.17, 15) is 4.79 Å². The lowest BCUT2D eigenvalue weighted by atomic mass is 10.0. The lowest BCUT2D eigenvalue weighted by Crippen LogP contribution is -2.04. The lowest BCUT2D eigenvalue weighted by molar-refractivity contribution is 0.0992. The molecule has 1 aromatic heterocycles. The van der Waals surface area contributed by atoms with E-state index in [1.54, 1.807) is 6.33 Å². The van der Waals surface area contributed by atoms with E-state index in [-0.39, 0.29) is 5.78 Å². The van der Waals surface area contributed by atoms with Gasteiger partial charge >= 0.3 is 0 Å². The summed E-state index contributed by atoms with van der Waals surface area (Å²) in [6, 6.07) is 13.7. The minimum Gasteiger partial charge on any atom is -0.333 e. The second kappa shape index (κ2) is 6.69. The molecule has 1 aliphatic carbocycles. The number of halogens is 1. The van der Waals surface area contributed by atoms with Crippen molar-refractivity contribution in [1.29, 1.82) is 0 Å². The Labute approximate surface area is 151 Å². The number of carbonyl (C=O) groups is 1. The first-order valence-corrected chi connectivity index (χ1v) is 8.63. The van der Waals surface area contributed by atoms with Crippen LogP contribution in [0.25, 0.3) is 6.08 Å². The maximum Gasteiger partial charge on any atom is 0.168 e. The first-order chi connectivity index (χ1) is 12.2. The summed E-state index contributed by atoms with van der Waals surface area (Å²) in [4.78, 5) is 16.9. The average molecular weight is 349 g/mol. The van der Waals surface area contributed by atoms with Crippen molar-refractivity contribution in [3.05, 3.63) is 94.0 Å². The minimum atomic E-state index is 0.0936. The van der Waals surface area contributed by atoms with E-state index < -0.39 is 0 Å². The Kier molecular flexibility index (Phi) is 4.24. The molecule has 1 aliphatic rings. The normalized spacial score (nSPS) is 12.4. The van der Waals surface area contributed by atoms with Crippen molar-refractivity contribution in [2.45, 2.75) is 19.4 Å². The monoisotopic (exact) mass is 348 g/mol. The highest BCUT2D eigenvalue weighted by Crippen LogP contribution is 2.21. The van der Waals surface area contributed by atoms with Crippen LogP contribution in [0.3, 0.4) is 0 Å².